The van der Waals surface area contributed by atoms with Gasteiger partial charge in [-0.15, -0.1) is 0 Å². The van der Waals surface area contributed by atoms with Crippen LogP contribution in [0.3, 0.4) is 0 Å². The van der Waals surface area contributed by atoms with Gasteiger partial charge in [0.2, 0.25) is 0 Å². The van der Waals surface area contributed by atoms with E-state index in [1.807, 2.05) is 0 Å². The molecule has 0 aliphatic carbocycles. The van der Waals surface area contributed by atoms with E-state index in [1.165, 1.54) is 6.08 Å². The Hall–Kier alpha value is -0.588. The third kappa shape index (κ3) is 5.28. The van der Waals surface area contributed by atoms with Gasteiger partial charge < -0.3 is 0 Å². The van der Waals surface area contributed by atoms with Crippen molar-refractivity contribution in [3.8, 4) is 0 Å². The van der Waals surface area contributed by atoms with Crippen molar-refractivity contribution in [3.63, 3.8) is 0 Å². The summed E-state index contributed by atoms with van der Waals surface area (Å²) in [6, 6.07) is 0. The van der Waals surface area contributed by atoms with Crippen LogP contribution < -0.4 is 0 Å². The van der Waals surface area contributed by atoms with Gasteiger partial charge in [0.05, 0.1) is 0 Å². The number of nitrogens with zero attached hydrogens (tertiary/aromatic N) is 3. The minimum absolute atomic E-state index is 0.720. The van der Waals surface area contributed by atoms with E-state index in [0.29, 0.717) is 0 Å². The molecule has 0 aromatic rings. The number of hydrogen-bond donors (Lipinski definition) is 0. The van der Waals surface area contributed by atoms with Crippen LogP contribution in [0.4, 0.5) is 0 Å². The zero-order valence-electron chi connectivity index (χ0n) is 4.73. The summed E-state index contributed by atoms with van der Waals surface area (Å²) >= 11 is 2.81. The van der Waals surface area contributed by atoms with Gasteiger partial charge in [-0.25, -0.2) is 19.6 Å². The van der Waals surface area contributed by atoms with E-state index in [4.69, 9.17) is 0 Å². The molecule has 0 unspecified atom stereocenters. The summed E-state index contributed by atoms with van der Waals surface area (Å²) in [7, 11) is 0. The van der Waals surface area contributed by atoms with E-state index in [0.717, 1.165) is 4.11 Å². The Balaban J connectivity index is 0.000000187. The van der Waals surface area contributed by atoms with Crippen LogP contribution in [0, 0.1) is 6.92 Å². The van der Waals surface area contributed by atoms with E-state index in [-0.39, 0.29) is 0 Å². The number of allylic oxidation sites excluding steroid dienone is 1. The Morgan fingerprint density at radius 1 is 1.78 bits per heavy atom. The van der Waals surface area contributed by atoms with Crippen LogP contribution in [0.2, 0.25) is 0 Å². The molecular weight excluding hydrogens is 208 g/mol. The van der Waals surface area contributed by atoms with Gasteiger partial charge in [-0.05, 0) is 0 Å². The molecule has 1 heterocycles. The molecule has 0 radical (unpaired) electrons. The first-order valence-corrected chi connectivity index (χ1v) is 2.92. The molecule has 4 heteroatoms. The summed E-state index contributed by atoms with van der Waals surface area (Å²) in [5, 5.41) is 10.2. The molecule has 0 atom stereocenters. The Bertz CT molecular complexity index is 146. The summed E-state index contributed by atoms with van der Waals surface area (Å²) in [5.74, 6) is 0. The molecule has 0 aromatic carbocycles. The Kier molecular flexibility index (Phi) is 5.19. The first-order chi connectivity index (χ1) is 4.31. The summed E-state index contributed by atoms with van der Waals surface area (Å²) in [6.45, 7) is 6.50. The van der Waals surface area contributed by atoms with Crippen molar-refractivity contribution in [1.82, 2.24) is 0 Å². The third-order valence-corrected chi connectivity index (χ3v) is 0.698. The predicted molar refractivity (Wildman–Crippen MR) is 33.9 cm³/mol. The second-order valence-corrected chi connectivity index (χ2v) is 1.81. The molecule has 1 rings (SSSR count). The second-order valence-electron chi connectivity index (χ2n) is 1.01. The van der Waals surface area contributed by atoms with Crippen molar-refractivity contribution in [3.05, 3.63) is 19.6 Å². The van der Waals surface area contributed by atoms with E-state index in [2.05, 4.69) is 47.7 Å². The average Bonchev–Trinajstić information content (AvgIpc) is 2.20. The Labute approximate surface area is 64.5 Å². The molecule has 0 aromatic heterocycles. The van der Waals surface area contributed by atoms with Crippen molar-refractivity contribution in [2.75, 3.05) is 0 Å². The summed E-state index contributed by atoms with van der Waals surface area (Å²) in [6.07, 6.45) is 3.04. The van der Waals surface area contributed by atoms with Crippen molar-refractivity contribution >= 4 is 10.3 Å². The van der Waals surface area contributed by atoms with Crippen molar-refractivity contribution in [2.45, 2.75) is 0 Å². The molecule has 3 nitrogen and oxygen atoms in total. The van der Waals surface area contributed by atoms with Gasteiger partial charge in [0.25, 0.3) is 0 Å². The van der Waals surface area contributed by atoms with Crippen LogP contribution in [0.5, 0.6) is 0 Å². The fourth-order valence-electron chi connectivity index (χ4n) is 0.161. The SMILES string of the molecule is C=C[CH2-].[Pd]=[C]1C=NN=N1. The van der Waals surface area contributed by atoms with Crippen LogP contribution in [-0.2, 0) is 18.7 Å². The monoisotopic (exact) mass is 214 g/mol. The van der Waals surface area contributed by atoms with Gasteiger partial charge >= 0.3 is 44.5 Å². The Morgan fingerprint density at radius 2 is 2.33 bits per heavy atom. The van der Waals surface area contributed by atoms with E-state index < -0.39 is 0 Å². The molecule has 0 fully saturated rings. The van der Waals surface area contributed by atoms with Crippen molar-refractivity contribution < 1.29 is 18.7 Å². The molecule has 52 valence electrons. The first kappa shape index (κ1) is 8.41. The standard InChI is InChI=1S/C3H5.C2HN3.Pd/c1-3-2;1-2-4-5-3-1;/h3H,1-2H2;1H;/q-1;;. The molecule has 0 bridgehead atoms. The number of rotatable bonds is 0. The normalized spacial score (nSPS) is 12.9. The van der Waals surface area contributed by atoms with Crippen LogP contribution in [0.15, 0.2) is 28.1 Å². The van der Waals surface area contributed by atoms with Crippen molar-refractivity contribution in [2.24, 2.45) is 15.4 Å². The van der Waals surface area contributed by atoms with Gasteiger partial charge in [-0.3, -0.25) is 0 Å². The topological polar surface area (TPSA) is 37.1 Å². The summed E-state index contributed by atoms with van der Waals surface area (Å²) < 4.78 is 0.720. The zero-order valence-corrected chi connectivity index (χ0v) is 6.28. The van der Waals surface area contributed by atoms with Gasteiger partial charge in [0, 0.05) is 0 Å². The number of hydrogen-bond acceptors (Lipinski definition) is 3. The molecule has 0 saturated carbocycles. The quantitative estimate of drug-likeness (QED) is 0.428. The minimum atomic E-state index is 0.720. The van der Waals surface area contributed by atoms with Gasteiger partial charge in [-0.1, -0.05) is 0 Å². The molecule has 9 heavy (non-hydrogen) atoms. The van der Waals surface area contributed by atoms with Gasteiger partial charge in [0.1, 0.15) is 0 Å². The van der Waals surface area contributed by atoms with E-state index in [1.54, 1.807) is 6.21 Å². The van der Waals surface area contributed by atoms with E-state index >= 15 is 0 Å². The molecular formula is C5H6N3Pd-. The first-order valence-electron chi connectivity index (χ1n) is 2.15. The predicted octanol–water partition coefficient (Wildman–Crippen LogP) is 1.12. The molecule has 0 N–H and O–H groups in total. The molecule has 0 amide bonds. The molecule has 0 saturated heterocycles. The summed E-state index contributed by atoms with van der Waals surface area (Å²) in [5.41, 5.74) is 0. The van der Waals surface area contributed by atoms with E-state index in [9.17, 15) is 0 Å². The fourth-order valence-corrected chi connectivity index (χ4v) is 0.321. The summed E-state index contributed by atoms with van der Waals surface area (Å²) in [4.78, 5) is 0. The Morgan fingerprint density at radius 3 is 2.44 bits per heavy atom. The van der Waals surface area contributed by atoms with Crippen LogP contribution in [0.25, 0.3) is 0 Å². The fraction of sp³-hybridized carbons (Fsp3) is 0. The maximum absolute atomic E-state index is 3.49. The van der Waals surface area contributed by atoms with Crippen LogP contribution in [-0.4, -0.2) is 10.3 Å². The van der Waals surface area contributed by atoms with Gasteiger partial charge in [0.15, 0.2) is 0 Å². The van der Waals surface area contributed by atoms with Crippen LogP contribution >= 0.6 is 0 Å². The van der Waals surface area contributed by atoms with Crippen LogP contribution in [0.1, 0.15) is 0 Å². The van der Waals surface area contributed by atoms with Crippen molar-refractivity contribution in [1.29, 1.82) is 0 Å². The maximum atomic E-state index is 3.49. The molecule has 1 aliphatic heterocycles. The molecule has 1 aliphatic rings. The average molecular weight is 215 g/mol. The zero-order chi connectivity index (χ0) is 7.11. The third-order valence-electron chi connectivity index (χ3n) is 0.342. The second kappa shape index (κ2) is 5.55. The van der Waals surface area contributed by atoms with Gasteiger partial charge in [-0.2, -0.15) is 0 Å². The molecule has 0 spiro atoms.